The van der Waals surface area contributed by atoms with Crippen molar-refractivity contribution in [1.82, 2.24) is 4.98 Å². The van der Waals surface area contributed by atoms with E-state index in [0.29, 0.717) is 28.1 Å². The highest BCUT2D eigenvalue weighted by molar-refractivity contribution is 5.95. The van der Waals surface area contributed by atoms with Crippen LogP contribution >= 0.6 is 0 Å². The lowest BCUT2D eigenvalue weighted by atomic mass is 9.96. The second-order valence-corrected chi connectivity index (χ2v) is 7.41. The third-order valence-electron chi connectivity index (χ3n) is 5.04. The van der Waals surface area contributed by atoms with E-state index in [1.165, 1.54) is 6.07 Å². The molecule has 3 rings (SSSR count). The molecule has 0 aliphatic rings. The molecule has 0 spiro atoms. The first-order valence-corrected chi connectivity index (χ1v) is 10.0. The van der Waals surface area contributed by atoms with Crippen molar-refractivity contribution in [2.24, 2.45) is 0 Å². The fourth-order valence-corrected chi connectivity index (χ4v) is 3.40. The number of anilines is 2. The number of carboxylic acid groups (broad SMARTS) is 1. The van der Waals surface area contributed by atoms with Crippen LogP contribution in [0.3, 0.4) is 0 Å². The Labute approximate surface area is 189 Å². The quantitative estimate of drug-likeness (QED) is 0.369. The normalized spacial score (nSPS) is 11.4. The number of carbonyl (C=O) groups is 2. The number of aromatic nitrogens is 1. The Bertz CT molecular complexity index is 1250. The largest absolute Gasteiger partial charge is 0.507 e. The van der Waals surface area contributed by atoms with Gasteiger partial charge in [-0.3, -0.25) is 9.59 Å². The standard InChI is InChI=1S/C24H22N4O5/c1-13-4-2-7-19(29)22(13)18-11-16(17(12-25)23(26)28-18)14-5-3-6-15(10-14)27-24(33)20(30)8-9-21(31)32/h2-7,10-11,20,29-30H,8-9H2,1H3,(H2,26,28)(H,27,33)(H,31,32). The number of nitrogens with one attached hydrogen (secondary N) is 1. The highest BCUT2D eigenvalue weighted by Crippen LogP contribution is 2.36. The van der Waals surface area contributed by atoms with E-state index >= 15 is 0 Å². The molecule has 9 nitrogen and oxygen atoms in total. The number of aliphatic hydroxyl groups excluding tert-OH is 1. The van der Waals surface area contributed by atoms with Gasteiger partial charge in [-0.2, -0.15) is 5.26 Å². The molecule has 1 heterocycles. The van der Waals surface area contributed by atoms with Crippen molar-refractivity contribution in [1.29, 1.82) is 5.26 Å². The fourth-order valence-electron chi connectivity index (χ4n) is 3.40. The first kappa shape index (κ1) is 23.2. The van der Waals surface area contributed by atoms with E-state index in [0.717, 1.165) is 5.56 Å². The summed E-state index contributed by atoms with van der Waals surface area (Å²) in [7, 11) is 0. The summed E-state index contributed by atoms with van der Waals surface area (Å²) in [5.41, 5.74) is 9.18. The molecule has 1 atom stereocenters. The van der Waals surface area contributed by atoms with Crippen molar-refractivity contribution in [3.05, 3.63) is 59.7 Å². The van der Waals surface area contributed by atoms with Gasteiger partial charge in [0.1, 0.15) is 29.3 Å². The summed E-state index contributed by atoms with van der Waals surface area (Å²) in [6.07, 6.45) is -2.04. The van der Waals surface area contributed by atoms with E-state index in [1.807, 2.05) is 19.1 Å². The summed E-state index contributed by atoms with van der Waals surface area (Å²) >= 11 is 0. The summed E-state index contributed by atoms with van der Waals surface area (Å²) in [4.78, 5) is 27.1. The maximum atomic E-state index is 12.2. The number of aliphatic carboxylic acids is 1. The number of amides is 1. The number of nitriles is 1. The van der Waals surface area contributed by atoms with Gasteiger partial charge >= 0.3 is 5.97 Å². The number of pyridine rings is 1. The smallest absolute Gasteiger partial charge is 0.303 e. The van der Waals surface area contributed by atoms with Crippen LogP contribution in [0, 0.1) is 18.3 Å². The number of phenolic OH excluding ortho intramolecular Hbond substituents is 1. The van der Waals surface area contributed by atoms with Gasteiger partial charge in [0.15, 0.2) is 0 Å². The van der Waals surface area contributed by atoms with Crippen molar-refractivity contribution < 1.29 is 24.9 Å². The Kier molecular flexibility index (Phi) is 6.91. The van der Waals surface area contributed by atoms with Crippen molar-refractivity contribution in [2.45, 2.75) is 25.9 Å². The van der Waals surface area contributed by atoms with Crippen LogP contribution in [0.2, 0.25) is 0 Å². The molecule has 1 aromatic heterocycles. The van der Waals surface area contributed by atoms with Gasteiger partial charge < -0.3 is 26.4 Å². The van der Waals surface area contributed by atoms with Gasteiger partial charge in [0, 0.05) is 23.2 Å². The minimum atomic E-state index is -1.48. The van der Waals surface area contributed by atoms with Crippen LogP contribution < -0.4 is 11.1 Å². The third-order valence-corrected chi connectivity index (χ3v) is 5.04. The van der Waals surface area contributed by atoms with Crippen molar-refractivity contribution in [3.63, 3.8) is 0 Å². The van der Waals surface area contributed by atoms with E-state index in [-0.39, 0.29) is 30.0 Å². The highest BCUT2D eigenvalue weighted by atomic mass is 16.4. The number of rotatable bonds is 7. The minimum Gasteiger partial charge on any atom is -0.507 e. The van der Waals surface area contributed by atoms with Crippen LogP contribution in [0.5, 0.6) is 5.75 Å². The summed E-state index contributed by atoms with van der Waals surface area (Å²) in [5.74, 6) is -1.84. The zero-order chi connectivity index (χ0) is 24.1. The van der Waals surface area contributed by atoms with E-state index in [2.05, 4.69) is 10.3 Å². The molecular weight excluding hydrogens is 424 g/mol. The van der Waals surface area contributed by atoms with Gasteiger partial charge in [0.05, 0.1) is 5.69 Å². The molecule has 0 aliphatic carbocycles. The molecule has 3 aromatic rings. The molecule has 0 saturated heterocycles. The molecule has 1 amide bonds. The second kappa shape index (κ2) is 9.80. The number of aliphatic hydroxyl groups is 1. The summed E-state index contributed by atoms with van der Waals surface area (Å²) in [5, 5.41) is 41.1. The molecule has 1 unspecified atom stereocenters. The highest BCUT2D eigenvalue weighted by Gasteiger charge is 2.19. The maximum absolute atomic E-state index is 12.2. The summed E-state index contributed by atoms with van der Waals surface area (Å²) in [6.45, 7) is 1.82. The van der Waals surface area contributed by atoms with Crippen LogP contribution in [-0.2, 0) is 9.59 Å². The average Bonchev–Trinajstić information content (AvgIpc) is 2.77. The molecule has 0 bridgehead atoms. The maximum Gasteiger partial charge on any atom is 0.303 e. The van der Waals surface area contributed by atoms with E-state index in [1.54, 1.807) is 36.4 Å². The molecule has 0 fully saturated rings. The number of nitrogen functional groups attached to an aromatic ring is 1. The first-order valence-electron chi connectivity index (χ1n) is 10.0. The Morgan fingerprint density at radius 3 is 2.61 bits per heavy atom. The Balaban J connectivity index is 2.00. The molecule has 0 saturated carbocycles. The number of aromatic hydroxyl groups is 1. The topological polar surface area (TPSA) is 170 Å². The molecule has 0 aliphatic heterocycles. The fraction of sp³-hybridized carbons (Fsp3) is 0.167. The molecule has 6 N–H and O–H groups in total. The van der Waals surface area contributed by atoms with Crippen molar-refractivity contribution >= 4 is 23.4 Å². The average molecular weight is 446 g/mol. The molecular formula is C24H22N4O5. The number of phenols is 1. The van der Waals surface area contributed by atoms with Crippen LogP contribution in [0.1, 0.15) is 24.0 Å². The van der Waals surface area contributed by atoms with E-state index in [9.17, 15) is 25.1 Å². The Morgan fingerprint density at radius 1 is 1.21 bits per heavy atom. The third kappa shape index (κ3) is 5.26. The van der Waals surface area contributed by atoms with Gasteiger partial charge in [0.25, 0.3) is 5.91 Å². The molecule has 33 heavy (non-hydrogen) atoms. The number of hydrogen-bond acceptors (Lipinski definition) is 7. The van der Waals surface area contributed by atoms with Crippen LogP contribution in [0.15, 0.2) is 48.5 Å². The first-order chi connectivity index (χ1) is 15.7. The predicted molar refractivity (Wildman–Crippen MR) is 122 cm³/mol. The van der Waals surface area contributed by atoms with Crippen LogP contribution in [0.4, 0.5) is 11.5 Å². The lowest BCUT2D eigenvalue weighted by Gasteiger charge is -2.14. The zero-order valence-electron chi connectivity index (χ0n) is 17.7. The van der Waals surface area contributed by atoms with Gasteiger partial charge in [0.2, 0.25) is 0 Å². The number of hydrogen-bond donors (Lipinski definition) is 5. The number of carboxylic acids is 1. The SMILES string of the molecule is Cc1cccc(O)c1-c1cc(-c2cccc(NC(=O)C(O)CCC(=O)O)c2)c(C#N)c(N)n1. The van der Waals surface area contributed by atoms with Gasteiger partial charge in [-0.1, -0.05) is 24.3 Å². The van der Waals surface area contributed by atoms with Crippen LogP contribution in [0.25, 0.3) is 22.4 Å². The molecule has 168 valence electrons. The molecule has 0 radical (unpaired) electrons. The number of benzene rings is 2. The van der Waals surface area contributed by atoms with Gasteiger partial charge in [-0.05, 0) is 48.7 Å². The van der Waals surface area contributed by atoms with Gasteiger partial charge in [-0.25, -0.2) is 4.98 Å². The minimum absolute atomic E-state index is 0.00816. The number of nitrogens with zero attached hydrogens (tertiary/aromatic N) is 2. The van der Waals surface area contributed by atoms with Crippen molar-refractivity contribution in [3.8, 4) is 34.2 Å². The Hall–Kier alpha value is -4.42. The number of aryl methyl sites for hydroxylation is 1. The van der Waals surface area contributed by atoms with Crippen LogP contribution in [-0.4, -0.2) is 38.3 Å². The summed E-state index contributed by atoms with van der Waals surface area (Å²) < 4.78 is 0. The lowest BCUT2D eigenvalue weighted by molar-refractivity contribution is -0.138. The molecule has 2 aromatic carbocycles. The van der Waals surface area contributed by atoms with E-state index in [4.69, 9.17) is 10.8 Å². The molecule has 9 heteroatoms. The van der Waals surface area contributed by atoms with Crippen molar-refractivity contribution in [2.75, 3.05) is 11.1 Å². The summed E-state index contributed by atoms with van der Waals surface area (Å²) in [6, 6.07) is 15.3. The number of carbonyl (C=O) groups excluding carboxylic acids is 1. The second-order valence-electron chi connectivity index (χ2n) is 7.41. The zero-order valence-corrected chi connectivity index (χ0v) is 17.7. The monoisotopic (exact) mass is 446 g/mol. The van der Waals surface area contributed by atoms with E-state index < -0.39 is 18.0 Å². The lowest BCUT2D eigenvalue weighted by Crippen LogP contribution is -2.28. The Morgan fingerprint density at radius 2 is 1.94 bits per heavy atom. The number of nitrogens with two attached hydrogens (primary N) is 1. The van der Waals surface area contributed by atoms with Gasteiger partial charge in [-0.15, -0.1) is 0 Å². The predicted octanol–water partition coefficient (Wildman–Crippen LogP) is 3.05.